The summed E-state index contributed by atoms with van der Waals surface area (Å²) in [6.45, 7) is 2.95. The van der Waals surface area contributed by atoms with Crippen LogP contribution >= 0.6 is 23.2 Å². The maximum Gasteiger partial charge on any atom is 0.309 e. The quantitative estimate of drug-likeness (QED) is 0.247. The predicted molar refractivity (Wildman–Crippen MR) is 167 cm³/mol. The second kappa shape index (κ2) is 13.0. The van der Waals surface area contributed by atoms with E-state index in [2.05, 4.69) is 0 Å². The zero-order valence-electron chi connectivity index (χ0n) is 24.1. The highest BCUT2D eigenvalue weighted by Gasteiger charge is 2.51. The van der Waals surface area contributed by atoms with Crippen molar-refractivity contribution in [3.63, 3.8) is 0 Å². The number of halogens is 3. The van der Waals surface area contributed by atoms with Gasteiger partial charge in [0.15, 0.2) is 0 Å². The molecule has 5 atom stereocenters. The Bertz CT molecular complexity index is 1640. The number of carbonyl (C=O) groups excluding carboxylic acids is 1. The van der Waals surface area contributed by atoms with E-state index in [0.717, 1.165) is 4.31 Å². The number of carbonyl (C=O) groups is 2. The lowest BCUT2D eigenvalue weighted by Gasteiger charge is -2.49. The first-order valence-corrected chi connectivity index (χ1v) is 16.7. The van der Waals surface area contributed by atoms with Gasteiger partial charge in [-0.15, -0.1) is 0 Å². The second-order valence-corrected chi connectivity index (χ2v) is 14.2. The largest absolute Gasteiger partial charge is 0.481 e. The minimum Gasteiger partial charge on any atom is -0.481 e. The van der Waals surface area contributed by atoms with Gasteiger partial charge in [0.2, 0.25) is 10.0 Å². The minimum absolute atomic E-state index is 0.108. The summed E-state index contributed by atoms with van der Waals surface area (Å²) in [5.41, 5.74) is 1.13. The average Bonchev–Trinajstić information content (AvgIpc) is 3.85. The van der Waals surface area contributed by atoms with Crippen molar-refractivity contribution in [1.29, 1.82) is 0 Å². The van der Waals surface area contributed by atoms with Gasteiger partial charge in [-0.05, 0) is 73.7 Å². The maximum atomic E-state index is 15.2. The summed E-state index contributed by atoms with van der Waals surface area (Å²) < 4.78 is 50.1. The molecule has 1 heterocycles. The van der Waals surface area contributed by atoms with Gasteiger partial charge in [0.1, 0.15) is 18.0 Å². The van der Waals surface area contributed by atoms with E-state index < -0.39 is 63.2 Å². The van der Waals surface area contributed by atoms with E-state index in [1.165, 1.54) is 30.0 Å². The smallest absolute Gasteiger partial charge is 0.309 e. The molecule has 0 aromatic heterocycles. The molecule has 2 aliphatic rings. The number of hydrogen-bond acceptors (Lipinski definition) is 5. The predicted octanol–water partition coefficient (Wildman–Crippen LogP) is 6.64. The Morgan fingerprint density at radius 2 is 1.73 bits per heavy atom. The molecule has 0 spiro atoms. The minimum atomic E-state index is -3.97. The molecule has 12 heteroatoms. The molecule has 3 aromatic carbocycles. The highest BCUT2D eigenvalue weighted by Crippen LogP contribution is 2.46. The van der Waals surface area contributed by atoms with E-state index >= 15 is 4.39 Å². The average molecular weight is 664 g/mol. The van der Waals surface area contributed by atoms with E-state index in [9.17, 15) is 23.1 Å². The van der Waals surface area contributed by atoms with Gasteiger partial charge in [-0.2, -0.15) is 0 Å². The fraction of sp³-hybridized carbons (Fsp3) is 0.375. The summed E-state index contributed by atoms with van der Waals surface area (Å²) in [6, 6.07) is 17.7. The maximum absolute atomic E-state index is 15.2. The zero-order chi connectivity index (χ0) is 31.8. The number of rotatable bonds is 11. The molecule has 1 N–H and O–H groups in total. The van der Waals surface area contributed by atoms with Crippen molar-refractivity contribution >= 4 is 50.8 Å². The zero-order valence-corrected chi connectivity index (χ0v) is 26.5. The molecule has 1 aliphatic carbocycles. The number of sulfonamides is 1. The van der Waals surface area contributed by atoms with Crippen molar-refractivity contribution in [2.24, 2.45) is 5.92 Å². The van der Waals surface area contributed by atoms with Crippen LogP contribution in [-0.4, -0.2) is 54.2 Å². The van der Waals surface area contributed by atoms with Crippen LogP contribution in [0.4, 0.5) is 10.1 Å². The van der Waals surface area contributed by atoms with Crippen LogP contribution in [0.2, 0.25) is 10.0 Å². The lowest BCUT2D eigenvalue weighted by atomic mass is 9.88. The summed E-state index contributed by atoms with van der Waals surface area (Å²) in [5, 5.41) is 10.2. The van der Waals surface area contributed by atoms with Gasteiger partial charge in [-0.25, -0.2) is 12.8 Å². The van der Waals surface area contributed by atoms with E-state index in [1.54, 1.807) is 61.5 Å². The van der Waals surface area contributed by atoms with Gasteiger partial charge >= 0.3 is 5.97 Å². The Balaban J connectivity index is 1.68. The summed E-state index contributed by atoms with van der Waals surface area (Å²) in [5.74, 6) is -3.77. The van der Waals surface area contributed by atoms with Gasteiger partial charge in [0.25, 0.3) is 5.91 Å². The SMILES string of the molecule is CC[C@H](CN(c1ccccc1F)S(=O)(=O)C1CC1)N1C(=O)[C@H]([C@H](C)C(=O)O)O[C@@H](c2cccc(Cl)c2)[C@@H]1c1ccc(Cl)cc1. The second-order valence-electron chi connectivity index (χ2n) is 11.2. The number of aliphatic carboxylic acids is 1. The van der Waals surface area contributed by atoms with E-state index in [1.807, 2.05) is 0 Å². The molecule has 44 heavy (non-hydrogen) atoms. The molecule has 1 saturated carbocycles. The molecule has 0 radical (unpaired) electrons. The lowest BCUT2D eigenvalue weighted by Crippen LogP contribution is -2.59. The molecule has 1 saturated heterocycles. The normalized spacial score (nSPS) is 22.0. The van der Waals surface area contributed by atoms with Crippen LogP contribution < -0.4 is 4.31 Å². The number of anilines is 1. The molecule has 0 unspecified atom stereocenters. The highest BCUT2D eigenvalue weighted by atomic mass is 35.5. The molecule has 1 aliphatic heterocycles. The number of carboxylic acids is 1. The molecule has 3 aromatic rings. The molecular weight excluding hydrogens is 630 g/mol. The molecule has 1 amide bonds. The molecule has 8 nitrogen and oxygen atoms in total. The third kappa shape index (κ3) is 6.44. The van der Waals surface area contributed by atoms with Crippen LogP contribution in [0.25, 0.3) is 0 Å². The van der Waals surface area contributed by atoms with Gasteiger partial charge < -0.3 is 14.7 Å². The third-order valence-electron chi connectivity index (χ3n) is 8.23. The summed E-state index contributed by atoms with van der Waals surface area (Å²) >= 11 is 12.6. The van der Waals surface area contributed by atoms with Gasteiger partial charge in [-0.3, -0.25) is 13.9 Å². The van der Waals surface area contributed by atoms with Crippen molar-refractivity contribution in [2.75, 3.05) is 10.8 Å². The molecule has 0 bridgehead atoms. The van der Waals surface area contributed by atoms with Crippen LogP contribution in [0.3, 0.4) is 0 Å². The number of nitrogens with zero attached hydrogens (tertiary/aromatic N) is 2. The summed E-state index contributed by atoms with van der Waals surface area (Å²) in [4.78, 5) is 28.1. The first-order chi connectivity index (χ1) is 20.9. The molecule has 2 fully saturated rings. The summed E-state index contributed by atoms with van der Waals surface area (Å²) in [6.07, 6.45) is -1.07. The Morgan fingerprint density at radius 1 is 1.05 bits per heavy atom. The van der Waals surface area contributed by atoms with E-state index in [0.29, 0.717) is 34.0 Å². The number of benzene rings is 3. The van der Waals surface area contributed by atoms with Gasteiger partial charge in [0.05, 0.1) is 35.5 Å². The highest BCUT2D eigenvalue weighted by molar-refractivity contribution is 7.93. The topological polar surface area (TPSA) is 104 Å². The van der Waals surface area contributed by atoms with E-state index in [4.69, 9.17) is 27.9 Å². The molecule has 5 rings (SSSR count). The van der Waals surface area contributed by atoms with Crippen LogP contribution in [0.15, 0.2) is 72.8 Å². The fourth-order valence-corrected chi connectivity index (χ4v) is 7.89. The van der Waals surface area contributed by atoms with Crippen LogP contribution in [0.1, 0.15) is 56.4 Å². The molecular formula is C32H33Cl2FN2O6S. The van der Waals surface area contributed by atoms with Crippen molar-refractivity contribution in [3.05, 3.63) is 99.8 Å². The first kappa shape index (κ1) is 32.2. The monoisotopic (exact) mass is 662 g/mol. The van der Waals surface area contributed by atoms with Crippen molar-refractivity contribution in [3.8, 4) is 0 Å². The number of para-hydroxylation sites is 1. The van der Waals surface area contributed by atoms with Gasteiger partial charge in [0, 0.05) is 10.0 Å². The fourth-order valence-electron chi connectivity index (χ4n) is 5.67. The first-order valence-electron chi connectivity index (χ1n) is 14.4. The third-order valence-corrected chi connectivity index (χ3v) is 11.0. The lowest BCUT2D eigenvalue weighted by molar-refractivity contribution is -0.190. The number of ether oxygens (including phenoxy) is 1. The van der Waals surface area contributed by atoms with Crippen molar-refractivity contribution < 1.29 is 32.2 Å². The number of hydrogen-bond donors (Lipinski definition) is 1. The van der Waals surface area contributed by atoms with Crippen molar-refractivity contribution in [1.82, 2.24) is 4.90 Å². The number of amides is 1. The summed E-state index contributed by atoms with van der Waals surface area (Å²) in [7, 11) is -3.97. The Labute approximate surface area is 266 Å². The van der Waals surface area contributed by atoms with Crippen molar-refractivity contribution in [2.45, 2.75) is 62.7 Å². The van der Waals surface area contributed by atoms with E-state index in [-0.39, 0.29) is 18.7 Å². The Kier molecular flexibility index (Phi) is 9.55. The molecule has 234 valence electrons. The Morgan fingerprint density at radius 3 is 2.32 bits per heavy atom. The number of morpholine rings is 1. The number of carboxylic acid groups (broad SMARTS) is 1. The Hall–Kier alpha value is -3.18. The van der Waals surface area contributed by atoms with Crippen LogP contribution in [-0.2, 0) is 24.3 Å². The van der Waals surface area contributed by atoms with Crippen LogP contribution in [0.5, 0.6) is 0 Å². The van der Waals surface area contributed by atoms with Gasteiger partial charge in [-0.1, -0.05) is 66.5 Å². The standard InChI is InChI=1S/C32H33Cl2FN2O6S/c1-3-24(18-36(44(41,42)25-15-16-25)27-10-5-4-9-26(27)35)37-28(20-11-13-22(33)14-12-20)30(21-7-6-8-23(34)17-21)43-29(31(37)38)19(2)32(39)40/h4-14,17,19,24-25,28-30H,3,15-16,18H2,1-2H3,(H,39,40)/t19-,24+,28-,29-,30-/m0/s1. The van der Waals surface area contributed by atoms with Crippen LogP contribution in [0, 0.1) is 11.7 Å².